The highest BCUT2D eigenvalue weighted by molar-refractivity contribution is 5.89. The van der Waals surface area contributed by atoms with Crippen LogP contribution >= 0.6 is 0 Å². The van der Waals surface area contributed by atoms with E-state index in [-0.39, 0.29) is 12.0 Å². The summed E-state index contributed by atoms with van der Waals surface area (Å²) in [5, 5.41) is 14.1. The van der Waals surface area contributed by atoms with Gasteiger partial charge in [-0.25, -0.2) is 5.01 Å². The summed E-state index contributed by atoms with van der Waals surface area (Å²) in [7, 11) is 0. The predicted molar refractivity (Wildman–Crippen MR) is 122 cm³/mol. The van der Waals surface area contributed by atoms with Gasteiger partial charge < -0.3 is 27.6 Å². The molecule has 160 valence electrons. The number of aromatic amines is 1. The molecule has 0 amide bonds. The molecule has 0 saturated heterocycles. The first-order chi connectivity index (χ1) is 13.8. The number of fused-ring (bicyclic) bond motifs is 1. The number of nitrogens with zero attached hydrogens (tertiary/aromatic N) is 1. The maximum absolute atomic E-state index is 8.16. The molecule has 8 heteroatoms. The summed E-state index contributed by atoms with van der Waals surface area (Å²) >= 11 is 0. The Hall–Kier alpha value is -2.07. The van der Waals surface area contributed by atoms with Crippen LogP contribution in [0.1, 0.15) is 32.3 Å². The van der Waals surface area contributed by atoms with Gasteiger partial charge in [-0.3, -0.25) is 11.2 Å². The van der Waals surface area contributed by atoms with Crippen molar-refractivity contribution >= 4 is 22.7 Å². The van der Waals surface area contributed by atoms with Gasteiger partial charge in [0.1, 0.15) is 6.29 Å². The van der Waals surface area contributed by atoms with Crippen molar-refractivity contribution in [2.45, 2.75) is 39.0 Å². The summed E-state index contributed by atoms with van der Waals surface area (Å²) in [6.45, 7) is 5.67. The van der Waals surface area contributed by atoms with Crippen molar-refractivity contribution in [1.82, 2.24) is 15.3 Å². The molecular formula is C21H36N8. The van der Waals surface area contributed by atoms with E-state index in [1.54, 1.807) is 11.9 Å². The van der Waals surface area contributed by atoms with Crippen LogP contribution in [0.25, 0.3) is 17.0 Å². The number of hydrogen-bond acceptors (Lipinski definition) is 7. The fourth-order valence-electron chi connectivity index (χ4n) is 3.42. The molecule has 1 aromatic heterocycles. The van der Waals surface area contributed by atoms with Crippen LogP contribution in [-0.4, -0.2) is 47.7 Å². The normalized spacial score (nSPS) is 14.7. The Kier molecular flexibility index (Phi) is 8.97. The van der Waals surface area contributed by atoms with E-state index in [1.165, 1.54) is 5.39 Å². The third-order valence-electron chi connectivity index (χ3n) is 5.25. The molecule has 2 aromatic rings. The van der Waals surface area contributed by atoms with E-state index in [0.717, 1.165) is 29.5 Å². The first-order valence-corrected chi connectivity index (χ1v) is 10.1. The van der Waals surface area contributed by atoms with E-state index in [2.05, 4.69) is 35.4 Å². The zero-order valence-electron chi connectivity index (χ0n) is 17.5. The summed E-state index contributed by atoms with van der Waals surface area (Å²) < 4.78 is 0. The van der Waals surface area contributed by atoms with Crippen molar-refractivity contribution in [1.29, 1.82) is 5.41 Å². The molecule has 0 aliphatic carbocycles. The SMILES string of the molecule is CC(=N)C(CCCNC(N)N)N(N)CC(=Cc1c[nH]c2ccccc12)C(C)CN. The largest absolute Gasteiger partial charge is 0.361 e. The Labute approximate surface area is 173 Å². The number of nitrogens with one attached hydrogen (secondary N) is 3. The van der Waals surface area contributed by atoms with Gasteiger partial charge in [0.15, 0.2) is 0 Å². The maximum atomic E-state index is 8.16. The monoisotopic (exact) mass is 400 g/mol. The van der Waals surface area contributed by atoms with Crippen molar-refractivity contribution in [2.24, 2.45) is 29.0 Å². The summed E-state index contributed by atoms with van der Waals surface area (Å²) in [4.78, 5) is 3.31. The first kappa shape index (κ1) is 23.2. The minimum atomic E-state index is -0.528. The Balaban J connectivity index is 2.16. The smallest absolute Gasteiger partial charge is 0.106 e. The molecule has 8 nitrogen and oxygen atoms in total. The molecule has 1 heterocycles. The molecule has 2 atom stereocenters. The number of hydrazine groups is 1. The van der Waals surface area contributed by atoms with Gasteiger partial charge >= 0.3 is 0 Å². The van der Waals surface area contributed by atoms with Crippen LogP contribution in [0.3, 0.4) is 0 Å². The summed E-state index contributed by atoms with van der Waals surface area (Å²) in [6, 6.07) is 8.06. The minimum Gasteiger partial charge on any atom is -0.361 e. The van der Waals surface area contributed by atoms with Gasteiger partial charge in [-0.2, -0.15) is 0 Å². The van der Waals surface area contributed by atoms with Gasteiger partial charge in [0.05, 0.1) is 6.04 Å². The number of hydrogen-bond donors (Lipinski definition) is 7. The lowest BCUT2D eigenvalue weighted by molar-refractivity contribution is 0.248. The van der Waals surface area contributed by atoms with E-state index in [4.69, 9.17) is 28.5 Å². The lowest BCUT2D eigenvalue weighted by Gasteiger charge is -2.29. The first-order valence-electron chi connectivity index (χ1n) is 10.1. The van der Waals surface area contributed by atoms with Gasteiger partial charge in [-0.1, -0.05) is 31.2 Å². The highest BCUT2D eigenvalue weighted by Crippen LogP contribution is 2.23. The van der Waals surface area contributed by atoms with Crippen LogP contribution in [0.2, 0.25) is 0 Å². The fraction of sp³-hybridized carbons (Fsp3) is 0.476. The van der Waals surface area contributed by atoms with Crippen LogP contribution in [0.5, 0.6) is 0 Å². The molecule has 0 aliphatic heterocycles. The number of H-pyrrole nitrogens is 1. The van der Waals surface area contributed by atoms with Gasteiger partial charge in [-0.05, 0) is 56.0 Å². The van der Waals surface area contributed by atoms with Gasteiger partial charge in [0.25, 0.3) is 0 Å². The number of benzene rings is 1. The second-order valence-corrected chi connectivity index (χ2v) is 7.64. The van der Waals surface area contributed by atoms with E-state index in [9.17, 15) is 0 Å². The third kappa shape index (κ3) is 6.74. The Morgan fingerprint density at radius 3 is 2.69 bits per heavy atom. The standard InChI is InChI=1S/C21H36N8/c1-14(11-22)17(10-16-12-28-19-7-4-3-6-18(16)19)13-29(26)20(15(2)23)8-5-9-27-21(24)25/h3-4,6-7,10,12,14,20-21,23,27-28H,5,8-9,11,13,22,24-26H2,1-2H3. The average Bonchev–Trinajstić information content (AvgIpc) is 3.09. The van der Waals surface area contributed by atoms with E-state index in [1.807, 2.05) is 18.3 Å². The molecule has 29 heavy (non-hydrogen) atoms. The summed E-state index contributed by atoms with van der Waals surface area (Å²) in [5.41, 5.74) is 20.9. The van der Waals surface area contributed by atoms with E-state index in [0.29, 0.717) is 25.3 Å². The summed E-state index contributed by atoms with van der Waals surface area (Å²) in [5.74, 6) is 6.61. The number of rotatable bonds is 12. The molecular weight excluding hydrogens is 364 g/mol. The highest BCUT2D eigenvalue weighted by Gasteiger charge is 2.20. The van der Waals surface area contributed by atoms with Crippen LogP contribution in [0.15, 0.2) is 36.0 Å². The molecule has 11 N–H and O–H groups in total. The van der Waals surface area contributed by atoms with Crippen LogP contribution in [0.4, 0.5) is 0 Å². The Morgan fingerprint density at radius 1 is 1.31 bits per heavy atom. The van der Waals surface area contributed by atoms with E-state index >= 15 is 0 Å². The zero-order chi connectivity index (χ0) is 21.4. The second kappa shape index (κ2) is 11.2. The molecule has 2 unspecified atom stereocenters. The topological polar surface area (TPSA) is 159 Å². The lowest BCUT2D eigenvalue weighted by atomic mass is 9.97. The van der Waals surface area contributed by atoms with Crippen molar-refractivity contribution in [3.63, 3.8) is 0 Å². The Bertz CT molecular complexity index is 810. The average molecular weight is 401 g/mol. The molecule has 0 fully saturated rings. The molecule has 1 aromatic carbocycles. The second-order valence-electron chi connectivity index (χ2n) is 7.64. The summed E-state index contributed by atoms with van der Waals surface area (Å²) in [6.07, 6.45) is 5.23. The molecule has 0 bridgehead atoms. The number of aromatic nitrogens is 1. The van der Waals surface area contributed by atoms with E-state index < -0.39 is 6.29 Å². The minimum absolute atomic E-state index is 0.151. The quantitative estimate of drug-likeness (QED) is 0.0935. The molecule has 0 radical (unpaired) electrons. The van der Waals surface area contributed by atoms with Gasteiger partial charge in [0.2, 0.25) is 0 Å². The van der Waals surface area contributed by atoms with Gasteiger partial charge in [-0.15, -0.1) is 0 Å². The number of para-hydroxylation sites is 1. The van der Waals surface area contributed by atoms with Crippen molar-refractivity contribution < 1.29 is 0 Å². The zero-order valence-corrected chi connectivity index (χ0v) is 17.5. The maximum Gasteiger partial charge on any atom is 0.106 e. The van der Waals surface area contributed by atoms with Gasteiger partial charge in [0, 0.05) is 29.4 Å². The molecule has 2 rings (SSSR count). The fourth-order valence-corrected chi connectivity index (χ4v) is 3.42. The van der Waals surface area contributed by atoms with Crippen LogP contribution in [-0.2, 0) is 0 Å². The van der Waals surface area contributed by atoms with Crippen molar-refractivity contribution in [2.75, 3.05) is 19.6 Å². The molecule has 0 saturated carbocycles. The van der Waals surface area contributed by atoms with Crippen molar-refractivity contribution in [3.05, 3.63) is 41.6 Å². The molecule has 0 aliphatic rings. The van der Waals surface area contributed by atoms with Crippen molar-refractivity contribution in [3.8, 4) is 0 Å². The third-order valence-corrected chi connectivity index (χ3v) is 5.25. The predicted octanol–water partition coefficient (Wildman–Crippen LogP) is 1.30. The van der Waals surface area contributed by atoms with Crippen LogP contribution in [0, 0.1) is 11.3 Å². The number of nitrogens with two attached hydrogens (primary N) is 4. The lowest BCUT2D eigenvalue weighted by Crippen LogP contribution is -2.48. The van der Waals surface area contributed by atoms with Crippen LogP contribution < -0.4 is 28.4 Å². The highest BCUT2D eigenvalue weighted by atomic mass is 15.4. The molecule has 0 spiro atoms. The Morgan fingerprint density at radius 2 is 2.03 bits per heavy atom.